The van der Waals surface area contributed by atoms with E-state index < -0.39 is 5.54 Å². The van der Waals surface area contributed by atoms with Gasteiger partial charge in [0.05, 0.1) is 12.1 Å². The summed E-state index contributed by atoms with van der Waals surface area (Å²) in [5, 5.41) is 3.97. The molecule has 1 aliphatic heterocycles. The van der Waals surface area contributed by atoms with E-state index in [1.165, 1.54) is 19.3 Å². The summed E-state index contributed by atoms with van der Waals surface area (Å²) in [6.07, 6.45) is 3.69. The Bertz CT molecular complexity index is 402. The van der Waals surface area contributed by atoms with Crippen molar-refractivity contribution in [3.8, 4) is 0 Å². The fourth-order valence-corrected chi connectivity index (χ4v) is 2.59. The standard InChI is InChI=1S/C13H24N4O.ClH/c1-5-10-7-6-9(2)17(10)8-11-15-12(16-18-11)13(3,4)14;/h9-10H,5-8,14H2,1-4H3;1H. The lowest BCUT2D eigenvalue weighted by Gasteiger charge is -2.25. The maximum Gasteiger partial charge on any atom is 0.240 e. The molecule has 2 atom stereocenters. The minimum Gasteiger partial charge on any atom is -0.338 e. The molecule has 0 aromatic carbocycles. The lowest BCUT2D eigenvalue weighted by molar-refractivity contribution is 0.165. The molecule has 5 nitrogen and oxygen atoms in total. The van der Waals surface area contributed by atoms with Crippen molar-refractivity contribution in [1.82, 2.24) is 15.0 Å². The molecule has 0 spiro atoms. The fourth-order valence-electron chi connectivity index (χ4n) is 2.59. The number of hydrogen-bond acceptors (Lipinski definition) is 5. The summed E-state index contributed by atoms with van der Waals surface area (Å²) in [4.78, 5) is 6.86. The third-order valence-corrected chi connectivity index (χ3v) is 3.79. The Hall–Kier alpha value is -0.650. The van der Waals surface area contributed by atoms with Gasteiger partial charge < -0.3 is 10.3 Å². The predicted octanol–water partition coefficient (Wildman–Crippen LogP) is 2.45. The van der Waals surface area contributed by atoms with Crippen molar-refractivity contribution >= 4 is 12.4 Å². The van der Waals surface area contributed by atoms with Gasteiger partial charge in [0.15, 0.2) is 5.82 Å². The molecule has 2 unspecified atom stereocenters. The smallest absolute Gasteiger partial charge is 0.240 e. The van der Waals surface area contributed by atoms with Gasteiger partial charge in [-0.15, -0.1) is 12.4 Å². The molecule has 1 aromatic heterocycles. The first-order chi connectivity index (χ1) is 8.41. The zero-order chi connectivity index (χ0) is 13.3. The minimum absolute atomic E-state index is 0. The maximum atomic E-state index is 5.96. The first kappa shape index (κ1) is 16.4. The molecule has 0 saturated carbocycles. The van der Waals surface area contributed by atoms with Crippen LogP contribution in [0.25, 0.3) is 0 Å². The lowest BCUT2D eigenvalue weighted by atomic mass is 10.1. The highest BCUT2D eigenvalue weighted by atomic mass is 35.5. The van der Waals surface area contributed by atoms with Gasteiger partial charge in [0.1, 0.15) is 0 Å². The monoisotopic (exact) mass is 288 g/mol. The highest BCUT2D eigenvalue weighted by molar-refractivity contribution is 5.85. The van der Waals surface area contributed by atoms with E-state index in [1.54, 1.807) is 0 Å². The zero-order valence-corrected chi connectivity index (χ0v) is 13.0. The molecule has 1 aromatic rings. The van der Waals surface area contributed by atoms with Crippen LogP contribution in [-0.2, 0) is 12.1 Å². The van der Waals surface area contributed by atoms with Gasteiger partial charge in [-0.2, -0.15) is 4.98 Å². The molecular formula is C13H25ClN4O. The largest absolute Gasteiger partial charge is 0.338 e. The number of hydrogen-bond donors (Lipinski definition) is 1. The Morgan fingerprint density at radius 3 is 2.63 bits per heavy atom. The van der Waals surface area contributed by atoms with E-state index in [2.05, 4.69) is 28.9 Å². The molecule has 19 heavy (non-hydrogen) atoms. The van der Waals surface area contributed by atoms with Gasteiger partial charge in [-0.05, 0) is 40.0 Å². The molecule has 6 heteroatoms. The molecule has 0 bridgehead atoms. The van der Waals surface area contributed by atoms with Crippen molar-refractivity contribution in [3.63, 3.8) is 0 Å². The maximum absolute atomic E-state index is 5.96. The van der Waals surface area contributed by atoms with Crippen LogP contribution in [0.4, 0.5) is 0 Å². The van der Waals surface area contributed by atoms with Crippen molar-refractivity contribution in [1.29, 1.82) is 0 Å². The van der Waals surface area contributed by atoms with Gasteiger partial charge in [-0.25, -0.2) is 0 Å². The van der Waals surface area contributed by atoms with E-state index in [0.29, 0.717) is 23.8 Å². The second kappa shape index (κ2) is 6.20. The minimum atomic E-state index is -0.539. The number of nitrogens with two attached hydrogens (primary N) is 1. The van der Waals surface area contributed by atoms with Crippen LogP contribution < -0.4 is 5.73 Å². The van der Waals surface area contributed by atoms with Crippen LogP contribution in [0.5, 0.6) is 0 Å². The van der Waals surface area contributed by atoms with Crippen LogP contribution in [0, 0.1) is 0 Å². The molecule has 2 N–H and O–H groups in total. The molecule has 110 valence electrons. The summed E-state index contributed by atoms with van der Waals surface area (Å²) in [6.45, 7) is 9.00. The Morgan fingerprint density at radius 2 is 2.11 bits per heavy atom. The number of halogens is 1. The summed E-state index contributed by atoms with van der Waals surface area (Å²) in [5.41, 5.74) is 5.42. The molecule has 1 saturated heterocycles. The van der Waals surface area contributed by atoms with Gasteiger partial charge in [0.25, 0.3) is 0 Å². The first-order valence-electron chi connectivity index (χ1n) is 6.79. The van der Waals surface area contributed by atoms with E-state index in [9.17, 15) is 0 Å². The van der Waals surface area contributed by atoms with Crippen molar-refractivity contribution in [3.05, 3.63) is 11.7 Å². The first-order valence-corrected chi connectivity index (χ1v) is 6.79. The van der Waals surface area contributed by atoms with Crippen LogP contribution >= 0.6 is 12.4 Å². The molecule has 0 radical (unpaired) electrons. The Labute approximate surface area is 121 Å². The summed E-state index contributed by atoms with van der Waals surface area (Å²) in [7, 11) is 0. The SMILES string of the molecule is CCC1CCC(C)N1Cc1nc(C(C)(C)N)no1.Cl. The van der Waals surface area contributed by atoms with Crippen LogP contribution in [0.15, 0.2) is 4.52 Å². The molecule has 0 amide bonds. The van der Waals surface area contributed by atoms with Crippen molar-refractivity contribution in [2.75, 3.05) is 0 Å². The molecule has 2 heterocycles. The van der Waals surface area contributed by atoms with Gasteiger partial charge in [-0.1, -0.05) is 12.1 Å². The normalized spacial score (nSPS) is 24.5. The van der Waals surface area contributed by atoms with Crippen LogP contribution in [-0.4, -0.2) is 27.1 Å². The van der Waals surface area contributed by atoms with Crippen LogP contribution in [0.2, 0.25) is 0 Å². The average Bonchev–Trinajstić information content (AvgIpc) is 2.87. The third-order valence-electron chi connectivity index (χ3n) is 3.79. The summed E-state index contributed by atoms with van der Waals surface area (Å²) in [5.74, 6) is 1.26. The second-order valence-electron chi connectivity index (χ2n) is 5.89. The fraction of sp³-hybridized carbons (Fsp3) is 0.846. The number of likely N-dealkylation sites (tertiary alicyclic amines) is 1. The highest BCUT2D eigenvalue weighted by Crippen LogP contribution is 2.27. The number of rotatable bonds is 4. The van der Waals surface area contributed by atoms with Gasteiger partial charge in [0.2, 0.25) is 5.89 Å². The van der Waals surface area contributed by atoms with Crippen molar-refractivity contribution in [2.45, 2.75) is 71.1 Å². The average molecular weight is 289 g/mol. The zero-order valence-electron chi connectivity index (χ0n) is 12.2. The Morgan fingerprint density at radius 1 is 1.42 bits per heavy atom. The quantitative estimate of drug-likeness (QED) is 0.922. The highest BCUT2D eigenvalue weighted by Gasteiger charge is 2.31. The molecular weight excluding hydrogens is 264 g/mol. The van der Waals surface area contributed by atoms with Gasteiger partial charge >= 0.3 is 0 Å². The van der Waals surface area contributed by atoms with E-state index in [4.69, 9.17) is 10.3 Å². The van der Waals surface area contributed by atoms with Crippen molar-refractivity contribution < 1.29 is 4.52 Å². The lowest BCUT2D eigenvalue weighted by Crippen LogP contribution is -2.34. The van der Waals surface area contributed by atoms with E-state index >= 15 is 0 Å². The van der Waals surface area contributed by atoms with Gasteiger partial charge in [0, 0.05) is 12.1 Å². The number of aromatic nitrogens is 2. The molecule has 2 rings (SSSR count). The van der Waals surface area contributed by atoms with Gasteiger partial charge in [-0.3, -0.25) is 4.90 Å². The second-order valence-corrected chi connectivity index (χ2v) is 5.89. The van der Waals surface area contributed by atoms with Crippen LogP contribution in [0.3, 0.4) is 0 Å². The van der Waals surface area contributed by atoms with E-state index in [1.807, 2.05) is 13.8 Å². The summed E-state index contributed by atoms with van der Waals surface area (Å²) in [6, 6.07) is 1.23. The Balaban J connectivity index is 0.00000180. The Kier molecular flexibility index (Phi) is 5.35. The molecule has 0 aliphatic carbocycles. The van der Waals surface area contributed by atoms with E-state index in [0.717, 1.165) is 6.54 Å². The van der Waals surface area contributed by atoms with Crippen molar-refractivity contribution in [2.24, 2.45) is 5.73 Å². The topological polar surface area (TPSA) is 68.2 Å². The molecule has 1 fully saturated rings. The molecule has 1 aliphatic rings. The summed E-state index contributed by atoms with van der Waals surface area (Å²) >= 11 is 0. The summed E-state index contributed by atoms with van der Waals surface area (Å²) < 4.78 is 5.31. The van der Waals surface area contributed by atoms with Crippen LogP contribution in [0.1, 0.15) is 58.7 Å². The number of nitrogens with zero attached hydrogens (tertiary/aromatic N) is 3. The predicted molar refractivity (Wildman–Crippen MR) is 77.1 cm³/mol. The third kappa shape index (κ3) is 3.68. The van der Waals surface area contributed by atoms with E-state index in [-0.39, 0.29) is 12.4 Å².